The molecule has 7 heteroatoms. The monoisotopic (exact) mass is 331 g/mol. The SMILES string of the molecule is CCc1ccc(OCC(=O)N2CCC3(CC2)NC(=O)NC3=O)cc1. The van der Waals surface area contributed by atoms with Gasteiger partial charge in [0, 0.05) is 13.1 Å². The zero-order chi connectivity index (χ0) is 17.2. The Kier molecular flexibility index (Phi) is 4.42. The Hall–Kier alpha value is -2.57. The van der Waals surface area contributed by atoms with E-state index in [0.717, 1.165) is 6.42 Å². The summed E-state index contributed by atoms with van der Waals surface area (Å²) < 4.78 is 5.54. The number of nitrogens with one attached hydrogen (secondary N) is 2. The van der Waals surface area contributed by atoms with E-state index in [2.05, 4.69) is 17.6 Å². The van der Waals surface area contributed by atoms with E-state index in [1.807, 2.05) is 24.3 Å². The fourth-order valence-corrected chi connectivity index (χ4v) is 3.08. The Balaban J connectivity index is 1.50. The standard InChI is InChI=1S/C17H21N3O4/c1-2-12-3-5-13(6-4-12)24-11-14(21)20-9-7-17(8-10-20)15(22)18-16(23)19-17/h3-6H,2,7-11H2,1H3,(H2,18,19,22,23). The summed E-state index contributed by atoms with van der Waals surface area (Å²) in [6.07, 6.45) is 1.79. The third-order valence-electron chi connectivity index (χ3n) is 4.68. The molecule has 0 unspecified atom stereocenters. The van der Waals surface area contributed by atoms with E-state index in [1.54, 1.807) is 4.90 Å². The van der Waals surface area contributed by atoms with E-state index in [9.17, 15) is 14.4 Å². The van der Waals surface area contributed by atoms with Crippen molar-refractivity contribution in [3.8, 4) is 5.75 Å². The summed E-state index contributed by atoms with van der Waals surface area (Å²) in [5.74, 6) is 0.248. The zero-order valence-electron chi connectivity index (χ0n) is 13.6. The average molecular weight is 331 g/mol. The van der Waals surface area contributed by atoms with Crippen molar-refractivity contribution in [2.24, 2.45) is 0 Å². The smallest absolute Gasteiger partial charge is 0.322 e. The molecule has 24 heavy (non-hydrogen) atoms. The van der Waals surface area contributed by atoms with Crippen molar-refractivity contribution in [2.75, 3.05) is 19.7 Å². The Morgan fingerprint density at radius 2 is 1.88 bits per heavy atom. The van der Waals surface area contributed by atoms with Gasteiger partial charge < -0.3 is 15.0 Å². The lowest BCUT2D eigenvalue weighted by molar-refractivity contribution is -0.137. The van der Waals surface area contributed by atoms with Gasteiger partial charge in [0.1, 0.15) is 11.3 Å². The number of hydrogen-bond acceptors (Lipinski definition) is 4. The number of ether oxygens (including phenoxy) is 1. The fraction of sp³-hybridized carbons (Fsp3) is 0.471. The number of likely N-dealkylation sites (tertiary alicyclic amines) is 1. The maximum absolute atomic E-state index is 12.3. The summed E-state index contributed by atoms with van der Waals surface area (Å²) in [6, 6.07) is 7.21. The molecule has 0 saturated carbocycles. The number of carbonyl (C=O) groups is 3. The molecule has 0 atom stereocenters. The number of hydrogen-bond donors (Lipinski definition) is 2. The first-order valence-electron chi connectivity index (χ1n) is 8.15. The van der Waals surface area contributed by atoms with Crippen LogP contribution in [0.5, 0.6) is 5.75 Å². The highest BCUT2D eigenvalue weighted by molar-refractivity contribution is 6.07. The highest BCUT2D eigenvalue weighted by atomic mass is 16.5. The van der Waals surface area contributed by atoms with E-state index in [1.165, 1.54) is 5.56 Å². The molecule has 1 spiro atoms. The summed E-state index contributed by atoms with van der Waals surface area (Å²) in [5.41, 5.74) is 0.358. The molecule has 3 rings (SSSR count). The van der Waals surface area contributed by atoms with Gasteiger partial charge >= 0.3 is 6.03 Å². The van der Waals surface area contributed by atoms with Crippen LogP contribution in [0.3, 0.4) is 0 Å². The van der Waals surface area contributed by atoms with Gasteiger partial charge in [-0.3, -0.25) is 14.9 Å². The minimum Gasteiger partial charge on any atom is -0.484 e. The number of carbonyl (C=O) groups excluding carboxylic acids is 3. The summed E-state index contributed by atoms with van der Waals surface area (Å²) in [6.45, 7) is 2.89. The maximum Gasteiger partial charge on any atom is 0.322 e. The maximum atomic E-state index is 12.3. The Bertz CT molecular complexity index is 648. The summed E-state index contributed by atoms with van der Waals surface area (Å²) in [4.78, 5) is 37.1. The number of imide groups is 1. The summed E-state index contributed by atoms with van der Waals surface area (Å²) in [7, 11) is 0. The second-order valence-corrected chi connectivity index (χ2v) is 6.16. The molecule has 0 bridgehead atoms. The molecule has 0 radical (unpaired) electrons. The van der Waals surface area contributed by atoms with Crippen molar-refractivity contribution in [3.63, 3.8) is 0 Å². The second kappa shape index (κ2) is 6.51. The highest BCUT2D eigenvalue weighted by Gasteiger charge is 2.48. The third kappa shape index (κ3) is 3.20. The van der Waals surface area contributed by atoms with E-state index in [-0.39, 0.29) is 18.4 Å². The Morgan fingerprint density at radius 3 is 2.42 bits per heavy atom. The van der Waals surface area contributed by atoms with Crippen LogP contribution in [0.25, 0.3) is 0 Å². The van der Waals surface area contributed by atoms with Crippen LogP contribution in [0.2, 0.25) is 0 Å². The van der Waals surface area contributed by atoms with Gasteiger partial charge in [-0.25, -0.2) is 4.79 Å². The van der Waals surface area contributed by atoms with Gasteiger partial charge in [0.25, 0.3) is 11.8 Å². The van der Waals surface area contributed by atoms with Crippen LogP contribution < -0.4 is 15.4 Å². The third-order valence-corrected chi connectivity index (χ3v) is 4.68. The molecule has 2 N–H and O–H groups in total. The largest absolute Gasteiger partial charge is 0.484 e. The molecule has 128 valence electrons. The van der Waals surface area contributed by atoms with Crippen molar-refractivity contribution in [2.45, 2.75) is 31.7 Å². The van der Waals surface area contributed by atoms with Crippen molar-refractivity contribution < 1.29 is 19.1 Å². The lowest BCUT2D eigenvalue weighted by atomic mass is 9.88. The van der Waals surface area contributed by atoms with Gasteiger partial charge in [-0.15, -0.1) is 0 Å². The number of benzene rings is 1. The number of rotatable bonds is 4. The number of urea groups is 1. The van der Waals surface area contributed by atoms with Crippen LogP contribution in [-0.4, -0.2) is 48.0 Å². The van der Waals surface area contributed by atoms with Gasteiger partial charge in [-0.05, 0) is 37.0 Å². The molecule has 4 amide bonds. The predicted molar refractivity (Wildman–Crippen MR) is 86.5 cm³/mol. The Morgan fingerprint density at radius 1 is 1.21 bits per heavy atom. The number of nitrogens with zero attached hydrogens (tertiary/aromatic N) is 1. The van der Waals surface area contributed by atoms with Gasteiger partial charge in [-0.1, -0.05) is 19.1 Å². The number of piperidine rings is 1. The van der Waals surface area contributed by atoms with Crippen molar-refractivity contribution >= 4 is 17.8 Å². The molecular weight excluding hydrogens is 310 g/mol. The lowest BCUT2D eigenvalue weighted by Gasteiger charge is -2.36. The molecule has 2 saturated heterocycles. The Labute approximate surface area is 140 Å². The number of aryl methyl sites for hydroxylation is 1. The van der Waals surface area contributed by atoms with Crippen molar-refractivity contribution in [1.29, 1.82) is 0 Å². The average Bonchev–Trinajstić information content (AvgIpc) is 2.87. The minimum absolute atomic E-state index is 0.0307. The summed E-state index contributed by atoms with van der Waals surface area (Å²) in [5, 5.41) is 4.94. The van der Waals surface area contributed by atoms with Crippen LogP contribution >= 0.6 is 0 Å². The second-order valence-electron chi connectivity index (χ2n) is 6.16. The quantitative estimate of drug-likeness (QED) is 0.800. The first kappa shape index (κ1) is 16.3. The van der Waals surface area contributed by atoms with E-state index < -0.39 is 11.6 Å². The fourth-order valence-electron chi connectivity index (χ4n) is 3.08. The van der Waals surface area contributed by atoms with Crippen LogP contribution in [0, 0.1) is 0 Å². The van der Waals surface area contributed by atoms with Crippen molar-refractivity contribution in [1.82, 2.24) is 15.5 Å². The van der Waals surface area contributed by atoms with E-state index in [4.69, 9.17) is 4.74 Å². The van der Waals surface area contributed by atoms with Crippen LogP contribution in [-0.2, 0) is 16.0 Å². The predicted octanol–water partition coefficient (Wildman–Crippen LogP) is 0.828. The topological polar surface area (TPSA) is 87.7 Å². The van der Waals surface area contributed by atoms with Gasteiger partial charge in [0.15, 0.2) is 6.61 Å². The summed E-state index contributed by atoms with van der Waals surface area (Å²) >= 11 is 0. The lowest BCUT2D eigenvalue weighted by Crippen LogP contribution is -2.56. The molecule has 2 aliphatic heterocycles. The van der Waals surface area contributed by atoms with Crippen LogP contribution in [0.1, 0.15) is 25.3 Å². The molecule has 7 nitrogen and oxygen atoms in total. The van der Waals surface area contributed by atoms with Crippen LogP contribution in [0.4, 0.5) is 4.79 Å². The zero-order valence-corrected chi connectivity index (χ0v) is 13.6. The molecular formula is C17H21N3O4. The highest BCUT2D eigenvalue weighted by Crippen LogP contribution is 2.25. The first-order valence-corrected chi connectivity index (χ1v) is 8.15. The normalized spacial score (nSPS) is 19.1. The van der Waals surface area contributed by atoms with E-state index in [0.29, 0.717) is 31.7 Å². The molecule has 2 aliphatic rings. The van der Waals surface area contributed by atoms with Crippen molar-refractivity contribution in [3.05, 3.63) is 29.8 Å². The van der Waals surface area contributed by atoms with E-state index >= 15 is 0 Å². The van der Waals surface area contributed by atoms with Gasteiger partial charge in [0.05, 0.1) is 0 Å². The molecule has 0 aliphatic carbocycles. The minimum atomic E-state index is -0.856. The van der Waals surface area contributed by atoms with Gasteiger partial charge in [0.2, 0.25) is 0 Å². The number of amides is 4. The molecule has 2 heterocycles. The molecule has 1 aromatic rings. The first-order chi connectivity index (χ1) is 11.5. The molecule has 2 fully saturated rings. The van der Waals surface area contributed by atoms with Gasteiger partial charge in [-0.2, -0.15) is 0 Å². The van der Waals surface area contributed by atoms with Crippen LogP contribution in [0.15, 0.2) is 24.3 Å². The molecule has 1 aromatic carbocycles. The molecule has 0 aromatic heterocycles.